The van der Waals surface area contributed by atoms with Crippen molar-refractivity contribution in [3.05, 3.63) is 11.5 Å². The molecule has 17 heteroatoms. The summed E-state index contributed by atoms with van der Waals surface area (Å²) in [7, 11) is -6.04. The van der Waals surface area contributed by atoms with Gasteiger partial charge in [-0.3, -0.25) is 0 Å². The van der Waals surface area contributed by atoms with E-state index in [9.17, 15) is 31.2 Å². The average molecular weight is 544 g/mol. The molecule has 1 rings (SSSR count). The van der Waals surface area contributed by atoms with E-state index in [4.69, 9.17) is 4.52 Å². The summed E-state index contributed by atoms with van der Waals surface area (Å²) < 4.78 is 75.1. The van der Waals surface area contributed by atoms with Gasteiger partial charge in [0, 0.05) is 0 Å². The molecule has 0 amide bonds. The second-order valence-corrected chi connectivity index (χ2v) is 20.1. The molecule has 0 bridgehead atoms. The molecule has 27 heavy (non-hydrogen) atoms. The summed E-state index contributed by atoms with van der Waals surface area (Å²) in [6.07, 6.45) is -0.118. The van der Waals surface area contributed by atoms with Crippen LogP contribution in [-0.4, -0.2) is 72.2 Å². The fourth-order valence-electron chi connectivity index (χ4n) is 1.63. The standard InChI is InChI=1S/C10H18AsNO10S5/c1-8-10(9(12-20-8)2-6-26(14,15)16)11(23-3-4-25-22-21-13)24-5-7-27(17,18)19/h13H,2-7H2,1H3,(H,14,15,16)(H,17,18,19)/p-3. The monoisotopic (exact) mass is 544 g/mol. The summed E-state index contributed by atoms with van der Waals surface area (Å²) in [5.74, 6) is 0.242. The molecule has 0 aromatic carbocycles. The van der Waals surface area contributed by atoms with Gasteiger partial charge in [0.25, 0.3) is 0 Å². The molecule has 0 aliphatic rings. The molecular weight excluding hydrogens is 529 g/mol. The van der Waals surface area contributed by atoms with Crippen LogP contribution in [0.2, 0.25) is 0 Å². The van der Waals surface area contributed by atoms with E-state index < -0.39 is 44.1 Å². The van der Waals surface area contributed by atoms with Gasteiger partial charge in [-0.25, -0.2) is 0 Å². The Hall–Kier alpha value is 0.518. The Balaban J connectivity index is 2.87. The Morgan fingerprint density at radius 2 is 1.70 bits per heavy atom. The summed E-state index contributed by atoms with van der Waals surface area (Å²) in [5, 5.41) is 16.8. The minimum atomic E-state index is -4.43. The predicted molar refractivity (Wildman–Crippen MR) is 99.0 cm³/mol. The SMILES string of the molecule is Cc1onc(CCS(=O)(=O)[O-])c1[As](SCCSOO[O-])SCCS(=O)(=O)[O-]. The molecule has 0 radical (unpaired) electrons. The molecule has 1 unspecified atom stereocenters. The Bertz CT molecular complexity index is 782. The average Bonchev–Trinajstić information content (AvgIpc) is 2.90. The molecule has 1 heterocycles. The van der Waals surface area contributed by atoms with Crippen LogP contribution in [0, 0.1) is 6.92 Å². The third-order valence-corrected chi connectivity index (χ3v) is 18.8. The molecule has 0 aliphatic heterocycles. The molecule has 158 valence electrons. The van der Waals surface area contributed by atoms with Crippen LogP contribution in [0.1, 0.15) is 11.5 Å². The third kappa shape index (κ3) is 11.3. The Labute approximate surface area is 172 Å². The van der Waals surface area contributed by atoms with Crippen molar-refractivity contribution in [3.8, 4) is 0 Å². The van der Waals surface area contributed by atoms with Crippen molar-refractivity contribution in [2.24, 2.45) is 0 Å². The van der Waals surface area contributed by atoms with Gasteiger partial charge in [-0.05, 0) is 0 Å². The van der Waals surface area contributed by atoms with Crippen molar-refractivity contribution in [1.29, 1.82) is 0 Å². The Morgan fingerprint density at radius 3 is 2.30 bits per heavy atom. The molecular formula is C10H15AsNO10S5-3. The van der Waals surface area contributed by atoms with Gasteiger partial charge in [0.1, 0.15) is 0 Å². The van der Waals surface area contributed by atoms with Gasteiger partial charge in [-0.15, -0.1) is 0 Å². The van der Waals surface area contributed by atoms with Gasteiger partial charge in [-0.1, -0.05) is 0 Å². The maximum absolute atomic E-state index is 10.9. The van der Waals surface area contributed by atoms with Crippen LogP contribution >= 0.6 is 32.1 Å². The predicted octanol–water partition coefficient (Wildman–Crippen LogP) is -1.35. The van der Waals surface area contributed by atoms with Crippen molar-refractivity contribution < 1.29 is 45.1 Å². The second-order valence-electron chi connectivity index (χ2n) is 4.69. The summed E-state index contributed by atoms with van der Waals surface area (Å²) >= 11 is -1.35. The molecule has 1 atom stereocenters. The van der Waals surface area contributed by atoms with Gasteiger partial charge in [0.05, 0.1) is 0 Å². The van der Waals surface area contributed by atoms with Crippen LogP contribution in [0.25, 0.3) is 0 Å². The molecule has 0 N–H and O–H groups in total. The Morgan fingerprint density at radius 1 is 1.07 bits per heavy atom. The van der Waals surface area contributed by atoms with E-state index in [1.807, 2.05) is 0 Å². The maximum atomic E-state index is 10.9. The van der Waals surface area contributed by atoms with E-state index in [-0.39, 0.29) is 12.2 Å². The van der Waals surface area contributed by atoms with Crippen LogP contribution < -0.4 is 9.61 Å². The zero-order chi connectivity index (χ0) is 20.5. The third-order valence-electron chi connectivity index (χ3n) is 2.66. The van der Waals surface area contributed by atoms with E-state index in [0.717, 1.165) is 12.0 Å². The first-order chi connectivity index (χ1) is 12.5. The van der Waals surface area contributed by atoms with Gasteiger partial charge in [-0.2, -0.15) is 0 Å². The van der Waals surface area contributed by atoms with Gasteiger partial charge < -0.3 is 0 Å². The number of hydrogen-bond donors (Lipinski definition) is 0. The minimum absolute atomic E-state index is 0.0655. The molecule has 11 nitrogen and oxygen atoms in total. The van der Waals surface area contributed by atoms with Crippen LogP contribution in [0.15, 0.2) is 4.52 Å². The van der Waals surface area contributed by atoms with E-state index >= 15 is 0 Å². The molecule has 0 aliphatic carbocycles. The van der Waals surface area contributed by atoms with Crippen molar-refractivity contribution in [2.75, 3.05) is 28.8 Å². The van der Waals surface area contributed by atoms with Gasteiger partial charge in [0.15, 0.2) is 0 Å². The van der Waals surface area contributed by atoms with Gasteiger partial charge >= 0.3 is 173 Å². The first kappa shape index (κ1) is 25.6. The Kier molecular flexibility index (Phi) is 11.6. The molecule has 0 saturated heterocycles. The number of aromatic nitrogens is 1. The van der Waals surface area contributed by atoms with Crippen LogP contribution in [0.4, 0.5) is 0 Å². The number of aryl methyl sites for hydroxylation is 2. The molecule has 0 fully saturated rings. The first-order valence-electron chi connectivity index (χ1n) is 7.00. The zero-order valence-electron chi connectivity index (χ0n) is 13.8. The number of hydrogen-bond acceptors (Lipinski definition) is 14. The number of nitrogens with zero attached hydrogens (tertiary/aromatic N) is 1. The van der Waals surface area contributed by atoms with Crippen molar-refractivity contribution >= 4 is 69.0 Å². The fourth-order valence-corrected chi connectivity index (χ4v) is 18.8. The summed E-state index contributed by atoms with van der Waals surface area (Å²) in [6, 6.07) is 0. The van der Waals surface area contributed by atoms with Crippen molar-refractivity contribution in [2.45, 2.75) is 13.3 Å². The molecule has 0 spiro atoms. The quantitative estimate of drug-likeness (QED) is 0.0669. The zero-order valence-corrected chi connectivity index (χ0v) is 19.7. The molecule has 1 aromatic heterocycles. The number of rotatable bonds is 14. The van der Waals surface area contributed by atoms with E-state index in [1.165, 1.54) is 20.0 Å². The summed E-state index contributed by atoms with van der Waals surface area (Å²) in [6.45, 7) is 1.63. The van der Waals surface area contributed by atoms with E-state index in [2.05, 4.69) is 14.5 Å². The topological polar surface area (TPSA) is 182 Å². The van der Waals surface area contributed by atoms with Crippen molar-refractivity contribution in [3.63, 3.8) is 0 Å². The molecule has 0 saturated carbocycles. The fraction of sp³-hybridized carbons (Fsp3) is 0.700. The van der Waals surface area contributed by atoms with E-state index in [0.29, 0.717) is 27.3 Å². The first-order valence-corrected chi connectivity index (χ1v) is 18.5. The van der Waals surface area contributed by atoms with Crippen molar-refractivity contribution in [1.82, 2.24) is 5.16 Å². The van der Waals surface area contributed by atoms with Crippen LogP contribution in [0.5, 0.6) is 0 Å². The second kappa shape index (κ2) is 12.3. The van der Waals surface area contributed by atoms with Crippen LogP contribution in [0.3, 0.4) is 0 Å². The van der Waals surface area contributed by atoms with Gasteiger partial charge in [0.2, 0.25) is 0 Å². The normalized spacial score (nSPS) is 13.8. The van der Waals surface area contributed by atoms with E-state index in [1.54, 1.807) is 6.92 Å². The summed E-state index contributed by atoms with van der Waals surface area (Å²) in [5.41, 5.74) is 0.337. The molecule has 1 aromatic rings. The van der Waals surface area contributed by atoms with Crippen LogP contribution in [-0.2, 0) is 36.0 Å². The summed E-state index contributed by atoms with van der Waals surface area (Å²) in [4.78, 5) is 0.